The largest absolute Gasteiger partial charge is 0.478 e. The number of nitrogens with zero attached hydrogens (tertiary/aromatic N) is 18. The first-order chi connectivity index (χ1) is 68.5. The van der Waals surface area contributed by atoms with Gasteiger partial charge in [0.15, 0.2) is 72.7 Å². The van der Waals surface area contributed by atoms with Gasteiger partial charge in [-0.25, -0.2) is 19.9 Å². The number of piperazine rings is 1. The van der Waals surface area contributed by atoms with Gasteiger partial charge in [0, 0.05) is 170 Å². The third-order valence-corrected chi connectivity index (χ3v) is 27.3. The molecule has 5 fully saturated rings. The molecule has 143 heavy (non-hydrogen) atoms. The molecule has 12 heterocycles. The number of aryl methyl sites for hydroxylation is 1. The Morgan fingerprint density at radius 1 is 0.399 bits per heavy atom. The van der Waals surface area contributed by atoms with Gasteiger partial charge in [0.25, 0.3) is 45.9 Å². The van der Waals surface area contributed by atoms with Gasteiger partial charge in [0.1, 0.15) is 20.1 Å². The van der Waals surface area contributed by atoms with Crippen molar-refractivity contribution in [1.82, 2.24) is 89.2 Å². The molecule has 1 aliphatic carbocycles. The average molecular weight is 2040 g/mol. The van der Waals surface area contributed by atoms with Crippen molar-refractivity contribution in [2.75, 3.05) is 189 Å². The Kier molecular flexibility index (Phi) is 35.1. The predicted molar refractivity (Wildman–Crippen MR) is 566 cm³/mol. The SMILES string of the molecule is CNC(=O)COc1cc2cc(Nc3nc(N4CCC(C)CC4)ncc3Cl)ccc2n(C)c1=O.CNC(=O)COc1cc2cc(Nc3nc(N4CCC(C)CC4)ncc3Cl)ccc2n(CCN(C)C)c1=O.CNC(=O)COc1cc2cc(Nc3nc(N4CCC5(CC4)CC(C)C5)ncc3Cl)ccc2n(C(C)C)c1=O.CNC(=O)COc1cc2cc(Nc3nc(N4CCN(C)CC4)ncc3Cl)ccc2n(C(C)C)c1=O. The summed E-state index contributed by atoms with van der Waals surface area (Å²) >= 11 is 25.7. The van der Waals surface area contributed by atoms with Crippen molar-refractivity contribution in [1.29, 1.82) is 0 Å². The zero-order valence-corrected chi connectivity index (χ0v) is 86.4. The van der Waals surface area contributed by atoms with Crippen molar-refractivity contribution in [3.05, 3.63) is 183 Å². The van der Waals surface area contributed by atoms with Crippen molar-refractivity contribution in [2.45, 2.75) is 118 Å². The summed E-state index contributed by atoms with van der Waals surface area (Å²) in [4.78, 5) is 148. The molecule has 0 radical (unpaired) electrons. The smallest absolute Gasteiger partial charge is 0.293 e. The van der Waals surface area contributed by atoms with E-state index in [4.69, 9.17) is 75.3 Å². The molecule has 760 valence electrons. The van der Waals surface area contributed by atoms with Crippen LogP contribution >= 0.6 is 46.4 Å². The van der Waals surface area contributed by atoms with Crippen LogP contribution in [0.15, 0.2) is 141 Å². The highest BCUT2D eigenvalue weighted by Gasteiger charge is 2.44. The van der Waals surface area contributed by atoms with Crippen molar-refractivity contribution < 1.29 is 38.1 Å². The van der Waals surface area contributed by atoms with E-state index in [1.165, 1.54) is 58.4 Å². The molecule has 4 aliphatic heterocycles. The van der Waals surface area contributed by atoms with Gasteiger partial charge >= 0.3 is 0 Å². The quantitative estimate of drug-likeness (QED) is 0.0216. The Balaban J connectivity index is 0.000000151. The van der Waals surface area contributed by atoms with Crippen molar-refractivity contribution >= 4 is 183 Å². The number of carbonyl (C=O) groups excluding carboxylic acids is 4. The molecule has 0 unspecified atom stereocenters. The molecule has 38 nitrogen and oxygen atoms in total. The minimum atomic E-state index is -0.315. The Morgan fingerprint density at radius 2 is 0.699 bits per heavy atom. The molecule has 0 atom stereocenters. The summed E-state index contributed by atoms with van der Waals surface area (Å²) in [5.74, 6) is 6.16. The number of likely N-dealkylation sites (N-methyl/N-ethyl adjacent to an activating group) is 6. The second-order valence-electron chi connectivity index (χ2n) is 37.7. The van der Waals surface area contributed by atoms with Crippen LogP contribution in [0.25, 0.3) is 43.6 Å². The number of benzene rings is 4. The molecule has 4 aromatic carbocycles. The van der Waals surface area contributed by atoms with Crippen LogP contribution in [0.1, 0.15) is 112 Å². The van der Waals surface area contributed by atoms with E-state index in [0.29, 0.717) is 97.5 Å². The molecule has 12 aromatic rings. The predicted octanol–water partition coefficient (Wildman–Crippen LogP) is 13.8. The van der Waals surface area contributed by atoms with E-state index in [1.807, 2.05) is 119 Å². The maximum atomic E-state index is 13.2. The van der Waals surface area contributed by atoms with Crippen LogP contribution in [0, 0.1) is 23.2 Å². The van der Waals surface area contributed by atoms with Crippen LogP contribution < -0.4 is 103 Å². The first-order valence-electron chi connectivity index (χ1n) is 48.1. The maximum absolute atomic E-state index is 13.2. The molecular weight excluding hydrogens is 1910 g/mol. The van der Waals surface area contributed by atoms with Crippen LogP contribution in [0.2, 0.25) is 20.1 Å². The summed E-state index contributed by atoms with van der Waals surface area (Å²) in [6, 6.07) is 29.0. The number of rotatable bonds is 29. The van der Waals surface area contributed by atoms with Gasteiger partial charge in [0.05, 0.1) is 46.9 Å². The third kappa shape index (κ3) is 26.4. The normalized spacial score (nSPS) is 15.1. The molecule has 8 N–H and O–H groups in total. The van der Waals surface area contributed by atoms with Crippen LogP contribution in [-0.2, 0) is 32.8 Å². The summed E-state index contributed by atoms with van der Waals surface area (Å²) in [6.07, 6.45) is 16.0. The molecular formula is C101H126Cl4N26O12. The summed E-state index contributed by atoms with van der Waals surface area (Å²) in [7, 11) is 13.7. The maximum Gasteiger partial charge on any atom is 0.293 e. The summed E-state index contributed by atoms with van der Waals surface area (Å²) in [6.45, 7) is 24.0. The number of ether oxygens (including phenoxy) is 4. The summed E-state index contributed by atoms with van der Waals surface area (Å²) in [5, 5.41) is 27.9. The van der Waals surface area contributed by atoms with Crippen molar-refractivity contribution in [2.24, 2.45) is 30.2 Å². The number of hydrogen-bond acceptors (Lipinski definition) is 30. The van der Waals surface area contributed by atoms with E-state index < -0.39 is 0 Å². The Bertz CT molecular complexity index is 6870. The molecule has 1 saturated carbocycles. The highest BCUT2D eigenvalue weighted by molar-refractivity contribution is 6.34. The van der Waals surface area contributed by atoms with E-state index in [1.54, 1.807) is 69.8 Å². The van der Waals surface area contributed by atoms with Gasteiger partial charge in [-0.2, -0.15) is 19.9 Å². The minimum Gasteiger partial charge on any atom is -0.478 e. The van der Waals surface area contributed by atoms with E-state index in [0.717, 1.165) is 163 Å². The number of piperidine rings is 3. The van der Waals surface area contributed by atoms with Gasteiger partial charge in [0.2, 0.25) is 23.8 Å². The fourth-order valence-electron chi connectivity index (χ4n) is 18.0. The molecule has 5 aliphatic rings. The number of fused-ring (bicyclic) bond motifs is 4. The fraction of sp³-hybridized carbons (Fsp3) is 0.446. The van der Waals surface area contributed by atoms with Crippen molar-refractivity contribution in [3.63, 3.8) is 0 Å². The van der Waals surface area contributed by atoms with E-state index >= 15 is 0 Å². The standard InChI is InChI=1S/C28H35ClN6O3.C26H34ClN7O3.C24H30ClN7O3.C23H27ClN6O3/c1-17(2)35-22-6-5-20(11-19(22)12-23(26(35)37)38-16-24(36)30-4)32-25-21(29)15-31-27(33-25)34-9-7-28(8-10-34)13-18(3)14-28;1-17-7-9-33(10-8-17)26-29-15-20(27)24(31-26)30-19-5-6-21-18(13-19)14-22(37-16-23(35)28-2)25(36)34(21)12-11-32(3)4;1-15(2)32-19-6-5-17(11-16(19)12-20(23(32)34)35-14-21(33)26-3)28-22-18(25)13-27-24(29-22)31-9-7-30(4)8-10-31;1-14-6-8-30(9-7-14)23-26-12-17(24)21(28-23)27-16-4-5-18-15(10-16)11-19(22(32)29(18)3)33-13-20(31)25-2/h5-6,11-12,15,17-18H,7-10,13-14,16H2,1-4H3,(H,30,36)(H,31,32,33);5-6,13-15,17H,7-12,16H2,1-4H3,(H,28,35)(H,29,30,31);5-6,11-13,15H,7-10,14H2,1-4H3,(H,26,33)(H,27,28,29);4-5,10-12,14H,6-9,13H2,1-3H3,(H,25,31)(H,26,27,28). The first-order valence-corrected chi connectivity index (χ1v) is 49.6. The molecule has 1 spiro atoms. The van der Waals surface area contributed by atoms with Gasteiger partial charge in [-0.1, -0.05) is 67.2 Å². The van der Waals surface area contributed by atoms with Crippen LogP contribution in [0.5, 0.6) is 23.0 Å². The fourth-order valence-corrected chi connectivity index (χ4v) is 18.5. The number of amides is 4. The lowest BCUT2D eigenvalue weighted by Gasteiger charge is -2.51. The molecule has 4 amide bonds. The lowest BCUT2D eigenvalue weighted by molar-refractivity contribution is -0.123. The van der Waals surface area contributed by atoms with Crippen LogP contribution in [0.3, 0.4) is 0 Å². The lowest BCUT2D eigenvalue weighted by atomic mass is 9.58. The topological polar surface area (TPSA) is 412 Å². The molecule has 42 heteroatoms. The number of aromatic nitrogens is 12. The van der Waals surface area contributed by atoms with Crippen LogP contribution in [-0.4, -0.2) is 239 Å². The number of nitrogens with one attached hydrogen (secondary N) is 8. The number of hydrogen-bond donors (Lipinski definition) is 8. The Labute approximate surface area is 849 Å². The lowest BCUT2D eigenvalue weighted by Crippen LogP contribution is -2.47. The highest BCUT2D eigenvalue weighted by Crippen LogP contribution is 2.53. The molecule has 4 saturated heterocycles. The summed E-state index contributed by atoms with van der Waals surface area (Å²) < 4.78 is 28.6. The number of pyridine rings is 4. The van der Waals surface area contributed by atoms with Crippen LogP contribution in [0.4, 0.5) is 69.8 Å². The number of halogens is 4. The first kappa shape index (κ1) is 105. The number of anilines is 12. The van der Waals surface area contributed by atoms with Crippen molar-refractivity contribution in [3.8, 4) is 23.0 Å². The molecule has 8 aromatic heterocycles. The van der Waals surface area contributed by atoms with Gasteiger partial charge in [-0.05, 0) is 220 Å². The zero-order valence-electron chi connectivity index (χ0n) is 83.4. The van der Waals surface area contributed by atoms with Gasteiger partial charge < -0.3 is 109 Å². The second kappa shape index (κ2) is 47.7. The third-order valence-electron chi connectivity index (χ3n) is 26.2. The monoisotopic (exact) mass is 2030 g/mol. The Morgan fingerprint density at radius 3 is 1.03 bits per heavy atom. The van der Waals surface area contributed by atoms with Gasteiger partial charge in [-0.15, -0.1) is 0 Å². The number of carbonyl (C=O) groups is 4. The van der Waals surface area contributed by atoms with Gasteiger partial charge in [-0.3, -0.25) is 38.4 Å². The summed E-state index contributed by atoms with van der Waals surface area (Å²) in [5.41, 5.74) is 5.39. The minimum absolute atomic E-state index is 0.0990. The van der Waals surface area contributed by atoms with E-state index in [9.17, 15) is 38.4 Å². The van der Waals surface area contributed by atoms with E-state index in [-0.39, 0.29) is 107 Å². The average Bonchev–Trinajstić information content (AvgIpc) is 0.773. The second-order valence-corrected chi connectivity index (χ2v) is 39.4. The zero-order chi connectivity index (χ0) is 102. The van der Waals surface area contributed by atoms with E-state index in [2.05, 4.69) is 125 Å². The molecule has 0 bridgehead atoms. The molecule has 17 rings (SSSR count). The Hall–Kier alpha value is -13.4. The highest BCUT2D eigenvalue weighted by atomic mass is 35.5.